The van der Waals surface area contributed by atoms with Crippen LogP contribution in [0.3, 0.4) is 0 Å². The molecule has 5 nitrogen and oxygen atoms in total. The second-order valence-corrected chi connectivity index (χ2v) is 4.56. The summed E-state index contributed by atoms with van der Waals surface area (Å²) in [6.45, 7) is 1.60. The van der Waals surface area contributed by atoms with Crippen LogP contribution in [0.4, 0.5) is 5.69 Å². The maximum atomic E-state index is 5.89. The largest absolute Gasteiger partial charge is 0.369 e. The van der Waals surface area contributed by atoms with Gasteiger partial charge in [-0.2, -0.15) is 4.99 Å². The first-order chi connectivity index (χ1) is 9.15. The van der Waals surface area contributed by atoms with E-state index in [2.05, 4.69) is 22.1 Å². The summed E-state index contributed by atoms with van der Waals surface area (Å²) in [6, 6.07) is 7.03. The van der Waals surface area contributed by atoms with Crippen LogP contribution in [0.1, 0.15) is 6.42 Å². The van der Waals surface area contributed by atoms with E-state index in [0.29, 0.717) is 16.7 Å². The van der Waals surface area contributed by atoms with Crippen LogP contribution in [-0.4, -0.2) is 29.9 Å². The molecule has 7 heteroatoms. The van der Waals surface area contributed by atoms with Crippen molar-refractivity contribution < 1.29 is 0 Å². The first kappa shape index (κ1) is 16.3. The summed E-state index contributed by atoms with van der Waals surface area (Å²) >= 11 is 5.79. The zero-order valence-electron chi connectivity index (χ0n) is 10.9. The van der Waals surface area contributed by atoms with E-state index in [0.717, 1.165) is 19.5 Å². The predicted octanol–water partition coefficient (Wildman–Crippen LogP) is 2.28. The molecule has 4 N–H and O–H groups in total. The minimum Gasteiger partial charge on any atom is -0.369 e. The average Bonchev–Trinajstić information content (AvgIpc) is 2.42. The van der Waals surface area contributed by atoms with E-state index in [1.165, 1.54) is 0 Å². The lowest BCUT2D eigenvalue weighted by molar-refractivity contribution is 0.450. The van der Waals surface area contributed by atoms with Crippen molar-refractivity contribution in [3.05, 3.63) is 41.4 Å². The second kappa shape index (κ2) is 7.77. The minimum absolute atomic E-state index is 0. The fraction of sp³-hybridized carbons (Fsp3) is 0.231. The fourth-order valence-electron chi connectivity index (χ4n) is 1.71. The van der Waals surface area contributed by atoms with Gasteiger partial charge in [0.25, 0.3) is 0 Å². The molecule has 0 spiro atoms. The maximum absolute atomic E-state index is 5.89. The molecular weight excluding hydrogens is 297 g/mol. The maximum Gasteiger partial charge on any atom is 0.223 e. The van der Waals surface area contributed by atoms with Gasteiger partial charge >= 0.3 is 0 Å². The first-order valence-corrected chi connectivity index (χ1v) is 6.37. The highest BCUT2D eigenvalue weighted by Crippen LogP contribution is 2.16. The van der Waals surface area contributed by atoms with Crippen LogP contribution in [0.5, 0.6) is 0 Å². The molecule has 0 bridgehead atoms. The van der Waals surface area contributed by atoms with Crippen molar-refractivity contribution in [2.45, 2.75) is 6.42 Å². The molecule has 0 saturated heterocycles. The smallest absolute Gasteiger partial charge is 0.223 e. The van der Waals surface area contributed by atoms with Crippen LogP contribution in [-0.2, 0) is 0 Å². The van der Waals surface area contributed by atoms with Gasteiger partial charge in [-0.05, 0) is 30.7 Å². The van der Waals surface area contributed by atoms with Gasteiger partial charge < -0.3 is 16.4 Å². The number of hydrogen-bond donors (Lipinski definition) is 2. The van der Waals surface area contributed by atoms with Crippen molar-refractivity contribution >= 4 is 41.6 Å². The second-order valence-electron chi connectivity index (χ2n) is 4.12. The number of benzene rings is 1. The number of aliphatic imine (C=N–C) groups is 2. The molecule has 0 radical (unpaired) electrons. The normalized spacial score (nSPS) is 15.9. The summed E-state index contributed by atoms with van der Waals surface area (Å²) in [4.78, 5) is 10.2. The van der Waals surface area contributed by atoms with E-state index < -0.39 is 0 Å². The van der Waals surface area contributed by atoms with Crippen molar-refractivity contribution in [2.75, 3.05) is 13.1 Å². The summed E-state index contributed by atoms with van der Waals surface area (Å²) in [7, 11) is 0. The molecule has 1 aliphatic rings. The molecule has 0 amide bonds. The molecule has 0 atom stereocenters. The fourth-order valence-corrected chi connectivity index (χ4v) is 1.84. The molecule has 1 aromatic carbocycles. The van der Waals surface area contributed by atoms with Crippen LogP contribution in [0.15, 0.2) is 46.4 Å². The zero-order valence-corrected chi connectivity index (χ0v) is 12.4. The molecule has 108 valence electrons. The van der Waals surface area contributed by atoms with Gasteiger partial charge in [0.05, 0.1) is 5.69 Å². The lowest BCUT2D eigenvalue weighted by atomic mass is 10.3. The average molecular weight is 314 g/mol. The Morgan fingerprint density at radius 1 is 1.15 bits per heavy atom. The lowest BCUT2D eigenvalue weighted by Crippen LogP contribution is -2.40. The van der Waals surface area contributed by atoms with Crippen LogP contribution in [0.25, 0.3) is 0 Å². The van der Waals surface area contributed by atoms with E-state index in [4.69, 9.17) is 23.1 Å². The van der Waals surface area contributed by atoms with Crippen LogP contribution < -0.4 is 11.5 Å². The zero-order chi connectivity index (χ0) is 13.7. The van der Waals surface area contributed by atoms with Crippen molar-refractivity contribution in [3.8, 4) is 0 Å². The van der Waals surface area contributed by atoms with E-state index in [1.54, 1.807) is 24.3 Å². The minimum atomic E-state index is 0. The van der Waals surface area contributed by atoms with Crippen molar-refractivity contribution in [2.24, 2.45) is 21.5 Å². The molecule has 0 aromatic heterocycles. The highest BCUT2D eigenvalue weighted by atomic mass is 35.5. The van der Waals surface area contributed by atoms with Gasteiger partial charge in [-0.25, -0.2) is 4.99 Å². The van der Waals surface area contributed by atoms with Gasteiger partial charge in [0.15, 0.2) is 5.96 Å². The highest BCUT2D eigenvalue weighted by molar-refractivity contribution is 6.30. The summed E-state index contributed by atoms with van der Waals surface area (Å²) in [5.74, 6) is 0.522. The monoisotopic (exact) mass is 313 g/mol. The van der Waals surface area contributed by atoms with Crippen LogP contribution >= 0.6 is 24.0 Å². The summed E-state index contributed by atoms with van der Waals surface area (Å²) in [6.07, 6.45) is 5.14. The summed E-state index contributed by atoms with van der Waals surface area (Å²) in [5.41, 5.74) is 12.3. The standard InChI is InChI=1S/C13H16ClN5.ClH/c14-10-4-6-11(7-5-10)17-12(15)18-13(16)19-8-2-1-3-9-19;/h1-2,4-7H,3,8-9H2,(H4,15,16,17,18);1H. The third-order valence-electron chi connectivity index (χ3n) is 2.68. The van der Waals surface area contributed by atoms with Gasteiger partial charge in [0, 0.05) is 18.1 Å². The number of nitrogens with zero attached hydrogens (tertiary/aromatic N) is 3. The van der Waals surface area contributed by atoms with Gasteiger partial charge in [-0.15, -0.1) is 12.4 Å². The molecule has 1 aliphatic heterocycles. The summed E-state index contributed by atoms with van der Waals surface area (Å²) < 4.78 is 0. The third kappa shape index (κ3) is 4.75. The first-order valence-electron chi connectivity index (χ1n) is 5.99. The number of hydrogen-bond acceptors (Lipinski definition) is 1. The Kier molecular flexibility index (Phi) is 6.35. The number of halogens is 2. The van der Waals surface area contributed by atoms with Gasteiger partial charge in [-0.3, -0.25) is 0 Å². The van der Waals surface area contributed by atoms with Crippen LogP contribution in [0.2, 0.25) is 5.02 Å². The Morgan fingerprint density at radius 3 is 2.45 bits per heavy atom. The van der Waals surface area contributed by atoms with Crippen molar-refractivity contribution in [1.82, 2.24) is 4.90 Å². The predicted molar refractivity (Wildman–Crippen MR) is 86.9 cm³/mol. The van der Waals surface area contributed by atoms with Gasteiger partial charge in [0.1, 0.15) is 0 Å². The molecule has 0 unspecified atom stereocenters. The molecule has 0 aliphatic carbocycles. The molecule has 0 fully saturated rings. The van der Waals surface area contributed by atoms with E-state index in [9.17, 15) is 0 Å². The van der Waals surface area contributed by atoms with Gasteiger partial charge in [0.2, 0.25) is 5.96 Å². The number of nitrogens with two attached hydrogens (primary N) is 2. The Morgan fingerprint density at radius 2 is 1.85 bits per heavy atom. The van der Waals surface area contributed by atoms with E-state index in [-0.39, 0.29) is 18.4 Å². The molecular formula is C13H17Cl2N5. The molecule has 0 saturated carbocycles. The molecule has 20 heavy (non-hydrogen) atoms. The Hall–Kier alpha value is -1.72. The van der Waals surface area contributed by atoms with E-state index >= 15 is 0 Å². The highest BCUT2D eigenvalue weighted by Gasteiger charge is 2.08. The third-order valence-corrected chi connectivity index (χ3v) is 2.93. The number of guanidine groups is 2. The van der Waals surface area contributed by atoms with Crippen LogP contribution in [0, 0.1) is 0 Å². The topological polar surface area (TPSA) is 80.0 Å². The molecule has 2 rings (SSSR count). The summed E-state index contributed by atoms with van der Waals surface area (Å²) in [5, 5.41) is 0.653. The molecule has 1 aromatic rings. The van der Waals surface area contributed by atoms with Crippen molar-refractivity contribution in [1.29, 1.82) is 0 Å². The Labute approximate surface area is 129 Å². The van der Waals surface area contributed by atoms with Crippen molar-refractivity contribution in [3.63, 3.8) is 0 Å². The Bertz CT molecular complexity index is 522. The number of rotatable bonds is 1. The Balaban J connectivity index is 0.00000200. The quantitative estimate of drug-likeness (QED) is 0.474. The SMILES string of the molecule is Cl.NC(=Nc1ccc(Cl)cc1)N=C(N)N1CC=CCC1. The molecule has 1 heterocycles. The van der Waals surface area contributed by atoms with Gasteiger partial charge in [-0.1, -0.05) is 23.8 Å². The lowest BCUT2D eigenvalue weighted by Gasteiger charge is -2.23. The van der Waals surface area contributed by atoms with E-state index in [1.807, 2.05) is 4.90 Å².